The fraction of sp³-hybridized carbons (Fsp3) is 0.556. The van der Waals surface area contributed by atoms with E-state index in [2.05, 4.69) is 23.8 Å². The first-order valence-electron chi connectivity index (χ1n) is 3.91. The minimum atomic E-state index is 0.359. The van der Waals surface area contributed by atoms with Gasteiger partial charge in [-0.3, -0.25) is 0 Å². The van der Waals surface area contributed by atoms with E-state index in [9.17, 15) is 0 Å². The third-order valence-corrected chi connectivity index (χ3v) is 1.75. The van der Waals surface area contributed by atoms with Gasteiger partial charge < -0.3 is 10.6 Å². The molecule has 2 nitrogen and oxygen atoms in total. The van der Waals surface area contributed by atoms with Crippen LogP contribution in [-0.4, -0.2) is 20.1 Å². The average molecular weight is 154 g/mol. The summed E-state index contributed by atoms with van der Waals surface area (Å²) in [6, 6.07) is 0.359. The number of likely N-dealkylation sites (N-methyl/N-ethyl adjacent to an activating group) is 2. The molecule has 0 fully saturated rings. The Kier molecular flexibility index (Phi) is 5.57. The summed E-state index contributed by atoms with van der Waals surface area (Å²) < 4.78 is 0. The van der Waals surface area contributed by atoms with Crippen molar-refractivity contribution in [1.82, 2.24) is 10.6 Å². The monoisotopic (exact) mass is 154 g/mol. The molecule has 1 unspecified atom stereocenters. The van der Waals surface area contributed by atoms with Crippen molar-refractivity contribution in [3.8, 4) is 0 Å². The second-order valence-corrected chi connectivity index (χ2v) is 2.48. The Hall–Kier alpha value is -0.760. The zero-order valence-corrected chi connectivity index (χ0v) is 7.48. The van der Waals surface area contributed by atoms with Crippen LogP contribution in [0.25, 0.3) is 0 Å². The SMILES string of the molecule is C=CCCC(NC)C(=C)NC. The Balaban J connectivity index is 3.74. The van der Waals surface area contributed by atoms with Gasteiger partial charge in [-0.15, -0.1) is 6.58 Å². The summed E-state index contributed by atoms with van der Waals surface area (Å²) in [5.74, 6) is 0. The lowest BCUT2D eigenvalue weighted by Crippen LogP contribution is -2.32. The second kappa shape index (κ2) is 5.98. The van der Waals surface area contributed by atoms with Crippen molar-refractivity contribution in [3.63, 3.8) is 0 Å². The van der Waals surface area contributed by atoms with Crippen LogP contribution in [0.15, 0.2) is 24.9 Å². The Bertz CT molecular complexity index is 130. The number of rotatable bonds is 6. The minimum Gasteiger partial charge on any atom is -0.391 e. The topological polar surface area (TPSA) is 24.1 Å². The van der Waals surface area contributed by atoms with Crippen molar-refractivity contribution >= 4 is 0 Å². The number of hydrogen-bond donors (Lipinski definition) is 2. The van der Waals surface area contributed by atoms with Crippen LogP contribution in [0.2, 0.25) is 0 Å². The zero-order chi connectivity index (χ0) is 8.69. The first-order valence-corrected chi connectivity index (χ1v) is 3.91. The fourth-order valence-corrected chi connectivity index (χ4v) is 0.952. The molecule has 0 aliphatic carbocycles. The van der Waals surface area contributed by atoms with Gasteiger partial charge in [0, 0.05) is 18.8 Å². The molecule has 0 aliphatic rings. The molecular weight excluding hydrogens is 136 g/mol. The molecule has 0 heterocycles. The van der Waals surface area contributed by atoms with E-state index in [0.717, 1.165) is 18.5 Å². The molecule has 0 aromatic carbocycles. The van der Waals surface area contributed by atoms with Gasteiger partial charge in [0.1, 0.15) is 0 Å². The molecule has 0 saturated heterocycles. The normalized spacial score (nSPS) is 12.2. The smallest absolute Gasteiger partial charge is 0.0463 e. The molecule has 11 heavy (non-hydrogen) atoms. The second-order valence-electron chi connectivity index (χ2n) is 2.48. The summed E-state index contributed by atoms with van der Waals surface area (Å²) in [5.41, 5.74) is 1.04. The molecule has 0 bridgehead atoms. The maximum atomic E-state index is 3.89. The lowest BCUT2D eigenvalue weighted by atomic mass is 10.1. The maximum Gasteiger partial charge on any atom is 0.0463 e. The lowest BCUT2D eigenvalue weighted by Gasteiger charge is -2.17. The summed E-state index contributed by atoms with van der Waals surface area (Å²) in [7, 11) is 3.83. The lowest BCUT2D eigenvalue weighted by molar-refractivity contribution is 0.568. The first kappa shape index (κ1) is 10.2. The highest BCUT2D eigenvalue weighted by Crippen LogP contribution is 2.03. The van der Waals surface area contributed by atoms with Crippen molar-refractivity contribution in [3.05, 3.63) is 24.9 Å². The van der Waals surface area contributed by atoms with Gasteiger partial charge >= 0.3 is 0 Å². The van der Waals surface area contributed by atoms with Crippen LogP contribution in [0.3, 0.4) is 0 Å². The van der Waals surface area contributed by atoms with E-state index in [1.165, 1.54) is 0 Å². The molecule has 64 valence electrons. The highest BCUT2D eigenvalue weighted by atomic mass is 15.0. The summed E-state index contributed by atoms with van der Waals surface area (Å²) in [5, 5.41) is 6.21. The average Bonchev–Trinajstić information content (AvgIpc) is 2.05. The minimum absolute atomic E-state index is 0.359. The first-order chi connectivity index (χ1) is 5.26. The molecule has 2 N–H and O–H groups in total. The van der Waals surface area contributed by atoms with Gasteiger partial charge in [0.2, 0.25) is 0 Å². The van der Waals surface area contributed by atoms with Crippen molar-refractivity contribution in [2.45, 2.75) is 18.9 Å². The Morgan fingerprint density at radius 1 is 1.55 bits per heavy atom. The van der Waals surface area contributed by atoms with Crippen LogP contribution in [-0.2, 0) is 0 Å². The van der Waals surface area contributed by atoms with Gasteiger partial charge in [-0.05, 0) is 19.9 Å². The highest BCUT2D eigenvalue weighted by Gasteiger charge is 2.06. The predicted octanol–water partition coefficient (Wildman–Crippen LogP) is 1.27. The molecular formula is C9H18N2. The van der Waals surface area contributed by atoms with E-state index >= 15 is 0 Å². The summed E-state index contributed by atoms with van der Waals surface area (Å²) in [6.07, 6.45) is 4.00. The molecule has 0 radical (unpaired) electrons. The molecule has 2 heteroatoms. The fourth-order valence-electron chi connectivity index (χ4n) is 0.952. The van der Waals surface area contributed by atoms with Crippen LogP contribution >= 0.6 is 0 Å². The maximum absolute atomic E-state index is 3.89. The Morgan fingerprint density at radius 2 is 2.18 bits per heavy atom. The Morgan fingerprint density at radius 3 is 2.55 bits per heavy atom. The van der Waals surface area contributed by atoms with Gasteiger partial charge in [0.25, 0.3) is 0 Å². The van der Waals surface area contributed by atoms with Gasteiger partial charge in [-0.25, -0.2) is 0 Å². The van der Waals surface area contributed by atoms with Crippen LogP contribution in [0.5, 0.6) is 0 Å². The van der Waals surface area contributed by atoms with Crippen LogP contribution in [0.4, 0.5) is 0 Å². The van der Waals surface area contributed by atoms with Crippen molar-refractivity contribution in [2.75, 3.05) is 14.1 Å². The molecule has 0 saturated carbocycles. The largest absolute Gasteiger partial charge is 0.391 e. The van der Waals surface area contributed by atoms with Gasteiger partial charge in [0.05, 0.1) is 0 Å². The van der Waals surface area contributed by atoms with Gasteiger partial charge in [-0.2, -0.15) is 0 Å². The van der Waals surface area contributed by atoms with E-state index in [1.807, 2.05) is 20.2 Å². The molecule has 0 aromatic heterocycles. The highest BCUT2D eigenvalue weighted by molar-refractivity contribution is 5.02. The van der Waals surface area contributed by atoms with Gasteiger partial charge in [0.15, 0.2) is 0 Å². The van der Waals surface area contributed by atoms with E-state index in [1.54, 1.807) is 0 Å². The van der Waals surface area contributed by atoms with E-state index < -0.39 is 0 Å². The standard InChI is InChI=1S/C9H18N2/c1-5-6-7-9(11-4)8(2)10-3/h5,9-11H,1-2,6-7H2,3-4H3. The van der Waals surface area contributed by atoms with Gasteiger partial charge in [-0.1, -0.05) is 12.7 Å². The molecule has 0 amide bonds. The van der Waals surface area contributed by atoms with E-state index in [-0.39, 0.29) is 0 Å². The summed E-state index contributed by atoms with van der Waals surface area (Å²) in [4.78, 5) is 0. The predicted molar refractivity (Wildman–Crippen MR) is 50.5 cm³/mol. The van der Waals surface area contributed by atoms with E-state index in [0.29, 0.717) is 6.04 Å². The zero-order valence-electron chi connectivity index (χ0n) is 7.48. The molecule has 0 aliphatic heterocycles. The van der Waals surface area contributed by atoms with Crippen molar-refractivity contribution < 1.29 is 0 Å². The number of allylic oxidation sites excluding steroid dienone is 1. The molecule has 1 atom stereocenters. The number of nitrogens with one attached hydrogen (secondary N) is 2. The quantitative estimate of drug-likeness (QED) is 0.563. The molecule has 0 rings (SSSR count). The van der Waals surface area contributed by atoms with Crippen molar-refractivity contribution in [2.24, 2.45) is 0 Å². The summed E-state index contributed by atoms with van der Waals surface area (Å²) >= 11 is 0. The van der Waals surface area contributed by atoms with Crippen LogP contribution in [0.1, 0.15) is 12.8 Å². The molecule has 0 spiro atoms. The third kappa shape index (κ3) is 3.83. The van der Waals surface area contributed by atoms with E-state index in [4.69, 9.17) is 0 Å². The number of hydrogen-bond acceptors (Lipinski definition) is 2. The van der Waals surface area contributed by atoms with Crippen LogP contribution in [0, 0.1) is 0 Å². The van der Waals surface area contributed by atoms with Crippen LogP contribution < -0.4 is 10.6 Å². The summed E-state index contributed by atoms with van der Waals surface area (Å²) in [6.45, 7) is 7.56. The third-order valence-electron chi connectivity index (χ3n) is 1.75. The van der Waals surface area contributed by atoms with Crippen molar-refractivity contribution in [1.29, 1.82) is 0 Å². The molecule has 0 aromatic rings. The Labute approximate surface area is 69.4 Å².